The standard InChI is InChI=1S/C43H57N9O4.C2H4FNO.C2H6/c1-6-23-46-43(56)36(27-44-4)42(50-40-22-16-33-15-21-39(55)41(33)49-40)48-29-47-34-17-19-35(20-18-34)51(5)25-9-7-8-24-45-38-14-10-12-31(2)37(38)28-52(30-54)32(3)13-11-26-53;1-4(3)2-5;1-2/h6,10,12,14,16-20,22,26-27,30,32,39,45,47,55H,1,4,7-9,11,13,15,21,23-25,28-29H2,2-3,5H3,(H,46,56)(H,48,49,50);2H,1H3;1-2H3/b36-27+;;. The summed E-state index contributed by atoms with van der Waals surface area (Å²) in [6, 6.07) is 18.0. The number of halogens is 1. The number of amidine groups is 1. The van der Waals surface area contributed by atoms with Gasteiger partial charge < -0.3 is 41.0 Å². The molecule has 5 N–H and O–H groups in total. The van der Waals surface area contributed by atoms with Crippen molar-refractivity contribution in [3.63, 3.8) is 0 Å². The van der Waals surface area contributed by atoms with E-state index in [1.807, 2.05) is 45.0 Å². The fourth-order valence-corrected chi connectivity index (χ4v) is 6.47. The van der Waals surface area contributed by atoms with E-state index in [1.54, 1.807) is 17.0 Å². The lowest BCUT2D eigenvalue weighted by molar-refractivity contribution is -0.128. The van der Waals surface area contributed by atoms with Crippen LogP contribution in [0.25, 0.3) is 0 Å². The van der Waals surface area contributed by atoms with Gasteiger partial charge >= 0.3 is 0 Å². The summed E-state index contributed by atoms with van der Waals surface area (Å²) in [6.07, 6.45) is 9.76. The molecule has 3 amide bonds. The molecule has 1 heterocycles. The molecule has 3 aromatic rings. The van der Waals surface area contributed by atoms with E-state index in [4.69, 9.17) is 4.79 Å². The van der Waals surface area contributed by atoms with E-state index in [-0.39, 0.29) is 42.2 Å². The number of carbonyl (C=O) groups excluding carboxylic acids is 4. The lowest BCUT2D eigenvalue weighted by atomic mass is 10.0. The zero-order valence-electron chi connectivity index (χ0n) is 37.8. The number of carbonyl (C=O) groups is 4. The number of rotatable bonds is 25. The zero-order chi connectivity index (χ0) is 46.6. The summed E-state index contributed by atoms with van der Waals surface area (Å²) < 4.78 is 10.9. The van der Waals surface area contributed by atoms with Crippen LogP contribution in [0, 0.1) is 6.92 Å². The number of aryl methyl sites for hydroxylation is 2. The number of benzene rings is 2. The molecule has 15 nitrogen and oxygen atoms in total. The van der Waals surface area contributed by atoms with Crippen molar-refractivity contribution in [2.75, 3.05) is 61.2 Å². The van der Waals surface area contributed by atoms with Crippen molar-refractivity contribution in [3.05, 3.63) is 101 Å². The van der Waals surface area contributed by atoms with E-state index < -0.39 is 12.0 Å². The van der Waals surface area contributed by atoms with E-state index in [2.05, 4.69) is 92.7 Å². The van der Waals surface area contributed by atoms with Crippen molar-refractivity contribution in [3.8, 4) is 0 Å². The number of aldehydes is 1. The van der Waals surface area contributed by atoms with Gasteiger partial charge in [-0.3, -0.25) is 19.4 Å². The molecule has 0 radical (unpaired) electrons. The van der Waals surface area contributed by atoms with Crippen molar-refractivity contribution in [1.29, 1.82) is 0 Å². The third-order valence-electron chi connectivity index (χ3n) is 10.0. The summed E-state index contributed by atoms with van der Waals surface area (Å²) in [5.41, 5.74) is 7.04. The highest BCUT2D eigenvalue weighted by molar-refractivity contribution is 6.25. The van der Waals surface area contributed by atoms with Crippen LogP contribution in [0.2, 0.25) is 0 Å². The Bertz CT molecular complexity index is 1960. The SMILES string of the molecule is C=CCNC(=O)C(=C/N=C)/C(=N\CNc1ccc(N(C)CCCCCNc2cccc(C)c2CN(C=O)C(C)CCC=O)cc1)Nc1ccc2c(n1)C(O)CC2.CC.CN(F)C=O. The third kappa shape index (κ3) is 18.2. The zero-order valence-corrected chi connectivity index (χ0v) is 37.8. The molecule has 2 aromatic carbocycles. The van der Waals surface area contributed by atoms with E-state index >= 15 is 0 Å². The third-order valence-corrected chi connectivity index (χ3v) is 10.0. The minimum Gasteiger partial charge on any atom is -0.387 e. The van der Waals surface area contributed by atoms with Crippen molar-refractivity contribution in [2.24, 2.45) is 9.98 Å². The molecule has 0 saturated carbocycles. The van der Waals surface area contributed by atoms with Gasteiger partial charge in [-0.15, -0.1) is 6.58 Å². The van der Waals surface area contributed by atoms with Gasteiger partial charge in [0.15, 0.2) is 0 Å². The molecule has 0 spiro atoms. The number of nitrogens with one attached hydrogen (secondary N) is 4. The van der Waals surface area contributed by atoms with Gasteiger partial charge in [-0.1, -0.05) is 42.6 Å². The Labute approximate surface area is 372 Å². The highest BCUT2D eigenvalue weighted by Gasteiger charge is 2.23. The van der Waals surface area contributed by atoms with Gasteiger partial charge in [0.25, 0.3) is 5.91 Å². The van der Waals surface area contributed by atoms with Crippen LogP contribution in [0.1, 0.15) is 87.8 Å². The first-order chi connectivity index (χ1) is 30.4. The smallest absolute Gasteiger partial charge is 0.256 e. The van der Waals surface area contributed by atoms with Gasteiger partial charge in [0, 0.05) is 76.0 Å². The highest BCUT2D eigenvalue weighted by Crippen LogP contribution is 2.30. The maximum Gasteiger partial charge on any atom is 0.256 e. The molecule has 1 aliphatic carbocycles. The summed E-state index contributed by atoms with van der Waals surface area (Å²) in [5.74, 6) is 0.305. The number of pyridine rings is 1. The predicted octanol–water partition coefficient (Wildman–Crippen LogP) is 7.17. The Hall–Kier alpha value is -6.42. The second kappa shape index (κ2) is 29.8. The molecule has 0 saturated heterocycles. The topological polar surface area (TPSA) is 184 Å². The maximum atomic E-state index is 13.0. The first kappa shape index (κ1) is 52.7. The van der Waals surface area contributed by atoms with Gasteiger partial charge in [0.1, 0.15) is 24.6 Å². The normalized spacial score (nSPS) is 13.3. The highest BCUT2D eigenvalue weighted by atomic mass is 19.2. The van der Waals surface area contributed by atoms with Crippen LogP contribution in [0.15, 0.2) is 89.0 Å². The maximum absolute atomic E-state index is 13.0. The molecule has 1 aromatic heterocycles. The molecule has 0 bridgehead atoms. The van der Waals surface area contributed by atoms with Crippen LogP contribution in [-0.4, -0.2) is 104 Å². The Morgan fingerprint density at radius 3 is 2.41 bits per heavy atom. The predicted molar refractivity (Wildman–Crippen MR) is 254 cm³/mol. The number of aliphatic hydroxyl groups excluding tert-OH is 1. The Balaban J connectivity index is 0.00000182. The Kier molecular flexibility index (Phi) is 24.9. The molecular weight excluding hydrogens is 804 g/mol. The average Bonchev–Trinajstić information content (AvgIpc) is 3.67. The van der Waals surface area contributed by atoms with Crippen molar-refractivity contribution < 1.29 is 28.8 Å². The van der Waals surface area contributed by atoms with Crippen molar-refractivity contribution in [1.82, 2.24) is 20.3 Å². The monoisotopic (exact) mass is 871 g/mol. The van der Waals surface area contributed by atoms with Gasteiger partial charge in [-0.2, -0.15) is 5.12 Å². The number of nitrogens with zero attached hydrogens (tertiary/aromatic N) is 6. The van der Waals surface area contributed by atoms with Crippen LogP contribution in [-0.2, 0) is 32.1 Å². The van der Waals surface area contributed by atoms with Crippen LogP contribution in [0.5, 0.6) is 0 Å². The molecule has 63 heavy (non-hydrogen) atoms. The van der Waals surface area contributed by atoms with Crippen LogP contribution in [0.3, 0.4) is 0 Å². The number of anilines is 4. The first-order valence-corrected chi connectivity index (χ1v) is 21.4. The van der Waals surface area contributed by atoms with Gasteiger partial charge in [-0.25, -0.2) is 9.98 Å². The Morgan fingerprint density at radius 2 is 1.76 bits per heavy atom. The second-order valence-electron chi connectivity index (χ2n) is 14.5. The number of fused-ring (bicyclic) bond motifs is 1. The number of unbranched alkanes of at least 4 members (excludes halogenated alkanes) is 2. The molecule has 342 valence electrons. The van der Waals surface area contributed by atoms with Gasteiger partial charge in [0.05, 0.1) is 17.4 Å². The van der Waals surface area contributed by atoms with E-state index in [0.29, 0.717) is 37.3 Å². The molecule has 0 fully saturated rings. The molecule has 16 heteroatoms. The fraction of sp³-hybridized carbons (Fsp3) is 0.426. The molecule has 0 aliphatic heterocycles. The molecule has 2 atom stereocenters. The molecule has 2 unspecified atom stereocenters. The number of aliphatic imine (C=N–C) groups is 2. The number of aliphatic hydroxyl groups is 1. The molecular formula is C47H67FN10O5. The van der Waals surface area contributed by atoms with E-state index in [0.717, 1.165) is 92.3 Å². The number of hydrogen-bond donors (Lipinski definition) is 5. The van der Waals surface area contributed by atoms with Gasteiger partial charge in [-0.05, 0) is 112 Å². The van der Waals surface area contributed by atoms with Crippen molar-refractivity contribution in [2.45, 2.75) is 91.3 Å². The van der Waals surface area contributed by atoms with Gasteiger partial charge in [0.2, 0.25) is 12.8 Å². The molecule has 1 aliphatic rings. The average molecular weight is 871 g/mol. The van der Waals surface area contributed by atoms with Crippen LogP contribution >= 0.6 is 0 Å². The summed E-state index contributed by atoms with van der Waals surface area (Å²) in [4.78, 5) is 61.9. The first-order valence-electron chi connectivity index (χ1n) is 21.4. The largest absolute Gasteiger partial charge is 0.387 e. The minimum absolute atomic E-state index is 0.0130. The fourth-order valence-electron chi connectivity index (χ4n) is 6.47. The number of hydrogen-bond acceptors (Lipinski definition) is 11. The summed E-state index contributed by atoms with van der Waals surface area (Å²) >= 11 is 0. The quantitative estimate of drug-likeness (QED) is 0.0111. The lowest BCUT2D eigenvalue weighted by Crippen LogP contribution is -2.32. The second-order valence-corrected chi connectivity index (χ2v) is 14.5. The summed E-state index contributed by atoms with van der Waals surface area (Å²) in [5, 5.41) is 23.1. The lowest BCUT2D eigenvalue weighted by Gasteiger charge is -2.27. The Morgan fingerprint density at radius 1 is 1.03 bits per heavy atom. The van der Waals surface area contributed by atoms with E-state index in [9.17, 15) is 24.0 Å². The number of aromatic nitrogens is 1. The molecule has 4 rings (SSSR count). The van der Waals surface area contributed by atoms with Crippen LogP contribution < -0.4 is 26.2 Å². The van der Waals surface area contributed by atoms with Crippen LogP contribution in [0.4, 0.5) is 27.4 Å². The summed E-state index contributed by atoms with van der Waals surface area (Å²) in [7, 11) is 3.11. The van der Waals surface area contributed by atoms with Crippen molar-refractivity contribution >= 4 is 60.4 Å². The summed E-state index contributed by atoms with van der Waals surface area (Å²) in [6.45, 7) is 17.9. The minimum atomic E-state index is -0.623. The van der Waals surface area contributed by atoms with E-state index in [1.165, 1.54) is 6.20 Å². The number of amides is 3.